The Balaban J connectivity index is 2.81. The van der Waals surface area contributed by atoms with Crippen LogP contribution in [0.3, 0.4) is 0 Å². The van der Waals surface area contributed by atoms with E-state index in [0.29, 0.717) is 6.54 Å². The predicted octanol–water partition coefficient (Wildman–Crippen LogP) is 1.94. The molecule has 0 radical (unpaired) electrons. The van der Waals surface area contributed by atoms with Crippen molar-refractivity contribution in [2.24, 2.45) is 5.73 Å². The zero-order chi connectivity index (χ0) is 9.68. The first-order chi connectivity index (χ1) is 6.24. The second-order valence-electron chi connectivity index (χ2n) is 3.10. The van der Waals surface area contributed by atoms with E-state index in [4.69, 9.17) is 11.5 Å². The molecule has 0 spiro atoms. The Hall–Kier alpha value is -1.28. The van der Waals surface area contributed by atoms with Gasteiger partial charge in [-0.25, -0.2) is 0 Å². The molecule has 2 heteroatoms. The third kappa shape index (κ3) is 2.92. The molecule has 0 aromatic heterocycles. The summed E-state index contributed by atoms with van der Waals surface area (Å²) < 4.78 is 0. The van der Waals surface area contributed by atoms with Crippen molar-refractivity contribution in [2.45, 2.75) is 13.3 Å². The molecule has 1 aromatic rings. The molecule has 2 nitrogen and oxygen atoms in total. The molecule has 1 rings (SSSR count). The fraction of sp³-hybridized carbons (Fsp3) is 0.273. The number of hydrogen-bond donors (Lipinski definition) is 2. The summed E-state index contributed by atoms with van der Waals surface area (Å²) in [4.78, 5) is 0. The van der Waals surface area contributed by atoms with Crippen molar-refractivity contribution >= 4 is 11.8 Å². The molecule has 0 saturated heterocycles. The average molecular weight is 176 g/mol. The van der Waals surface area contributed by atoms with Gasteiger partial charge in [0.2, 0.25) is 0 Å². The normalized spacial score (nSPS) is 10.9. The van der Waals surface area contributed by atoms with Gasteiger partial charge in [-0.05, 0) is 43.1 Å². The van der Waals surface area contributed by atoms with Crippen LogP contribution in [0.15, 0.2) is 24.3 Å². The van der Waals surface area contributed by atoms with E-state index >= 15 is 0 Å². The number of aryl methyl sites for hydroxylation is 1. The van der Waals surface area contributed by atoms with Gasteiger partial charge in [0.15, 0.2) is 0 Å². The van der Waals surface area contributed by atoms with Crippen molar-refractivity contribution in [2.75, 3.05) is 12.3 Å². The fourth-order valence-corrected chi connectivity index (χ4v) is 1.15. The standard InChI is InChI=1S/C11H16N2/c1-9-5-6-11(13)8-10(9)4-2-3-7-12/h2,4-6,8H,3,7,12-13H2,1H3. The van der Waals surface area contributed by atoms with Crippen molar-refractivity contribution in [1.82, 2.24) is 0 Å². The van der Waals surface area contributed by atoms with E-state index in [1.54, 1.807) is 0 Å². The minimum atomic E-state index is 0.692. The first-order valence-corrected chi connectivity index (χ1v) is 4.47. The van der Waals surface area contributed by atoms with Crippen LogP contribution in [0.25, 0.3) is 6.08 Å². The monoisotopic (exact) mass is 176 g/mol. The largest absolute Gasteiger partial charge is 0.399 e. The molecule has 0 aliphatic carbocycles. The molecule has 0 bridgehead atoms. The van der Waals surface area contributed by atoms with Gasteiger partial charge in [0.05, 0.1) is 0 Å². The summed E-state index contributed by atoms with van der Waals surface area (Å²) in [6.45, 7) is 2.76. The minimum absolute atomic E-state index is 0.692. The molecule has 1 aromatic carbocycles. The van der Waals surface area contributed by atoms with E-state index in [2.05, 4.69) is 19.1 Å². The van der Waals surface area contributed by atoms with Gasteiger partial charge in [-0.15, -0.1) is 0 Å². The molecule has 0 atom stereocenters. The van der Waals surface area contributed by atoms with Crippen molar-refractivity contribution in [3.63, 3.8) is 0 Å². The highest BCUT2D eigenvalue weighted by Gasteiger charge is 1.93. The maximum atomic E-state index is 5.67. The van der Waals surface area contributed by atoms with Crippen molar-refractivity contribution in [3.8, 4) is 0 Å². The Morgan fingerprint density at radius 2 is 2.15 bits per heavy atom. The predicted molar refractivity (Wildman–Crippen MR) is 58.3 cm³/mol. The SMILES string of the molecule is Cc1ccc(N)cc1C=CCCN. The van der Waals surface area contributed by atoms with Crippen LogP contribution in [0.5, 0.6) is 0 Å². The van der Waals surface area contributed by atoms with Crippen LogP contribution in [-0.2, 0) is 0 Å². The summed E-state index contributed by atoms with van der Waals surface area (Å²) in [6, 6.07) is 5.91. The molecular formula is C11H16N2. The van der Waals surface area contributed by atoms with E-state index in [-0.39, 0.29) is 0 Å². The third-order valence-corrected chi connectivity index (χ3v) is 1.93. The van der Waals surface area contributed by atoms with Gasteiger partial charge in [-0.1, -0.05) is 18.2 Å². The number of anilines is 1. The maximum absolute atomic E-state index is 5.67. The first-order valence-electron chi connectivity index (χ1n) is 4.47. The zero-order valence-corrected chi connectivity index (χ0v) is 7.96. The highest BCUT2D eigenvalue weighted by atomic mass is 14.5. The lowest BCUT2D eigenvalue weighted by Crippen LogP contribution is -1.95. The number of hydrogen-bond acceptors (Lipinski definition) is 2. The zero-order valence-electron chi connectivity index (χ0n) is 7.96. The Labute approximate surface area is 79.2 Å². The Morgan fingerprint density at radius 1 is 1.38 bits per heavy atom. The lowest BCUT2D eigenvalue weighted by Gasteiger charge is -2.01. The molecular weight excluding hydrogens is 160 g/mol. The molecule has 13 heavy (non-hydrogen) atoms. The van der Waals surface area contributed by atoms with Crippen LogP contribution in [-0.4, -0.2) is 6.54 Å². The molecule has 4 N–H and O–H groups in total. The average Bonchev–Trinajstić information content (AvgIpc) is 2.11. The lowest BCUT2D eigenvalue weighted by atomic mass is 10.1. The van der Waals surface area contributed by atoms with Gasteiger partial charge in [0, 0.05) is 5.69 Å². The number of rotatable bonds is 3. The van der Waals surface area contributed by atoms with Crippen molar-refractivity contribution in [1.29, 1.82) is 0 Å². The quantitative estimate of drug-likeness (QED) is 0.691. The molecule has 70 valence electrons. The van der Waals surface area contributed by atoms with Gasteiger partial charge < -0.3 is 11.5 Å². The van der Waals surface area contributed by atoms with Gasteiger partial charge in [-0.3, -0.25) is 0 Å². The first kappa shape index (κ1) is 9.81. The van der Waals surface area contributed by atoms with Gasteiger partial charge >= 0.3 is 0 Å². The van der Waals surface area contributed by atoms with Gasteiger partial charge in [-0.2, -0.15) is 0 Å². The number of nitrogens with two attached hydrogens (primary N) is 2. The van der Waals surface area contributed by atoms with Crippen LogP contribution < -0.4 is 11.5 Å². The number of nitrogen functional groups attached to an aromatic ring is 1. The van der Waals surface area contributed by atoms with Crippen LogP contribution in [0.2, 0.25) is 0 Å². The second-order valence-corrected chi connectivity index (χ2v) is 3.10. The maximum Gasteiger partial charge on any atom is 0.0320 e. The summed E-state index contributed by atoms with van der Waals surface area (Å²) in [5.74, 6) is 0. The molecule has 0 aliphatic heterocycles. The minimum Gasteiger partial charge on any atom is -0.399 e. The van der Waals surface area contributed by atoms with Gasteiger partial charge in [0.25, 0.3) is 0 Å². The van der Waals surface area contributed by atoms with E-state index in [0.717, 1.165) is 12.1 Å². The fourth-order valence-electron chi connectivity index (χ4n) is 1.15. The van der Waals surface area contributed by atoms with Gasteiger partial charge in [0.1, 0.15) is 0 Å². The summed E-state index contributed by atoms with van der Waals surface area (Å²) in [6.07, 6.45) is 5.05. The highest BCUT2D eigenvalue weighted by Crippen LogP contribution is 2.14. The Morgan fingerprint density at radius 3 is 2.85 bits per heavy atom. The molecule has 0 saturated carbocycles. The van der Waals surface area contributed by atoms with Crippen LogP contribution in [0, 0.1) is 6.92 Å². The molecule has 0 aliphatic rings. The van der Waals surface area contributed by atoms with E-state index in [9.17, 15) is 0 Å². The van der Waals surface area contributed by atoms with Crippen LogP contribution in [0.4, 0.5) is 5.69 Å². The smallest absolute Gasteiger partial charge is 0.0320 e. The van der Waals surface area contributed by atoms with Crippen molar-refractivity contribution < 1.29 is 0 Å². The second kappa shape index (κ2) is 4.67. The Kier molecular flexibility index (Phi) is 3.53. The summed E-state index contributed by atoms with van der Waals surface area (Å²) >= 11 is 0. The van der Waals surface area contributed by atoms with Crippen LogP contribution >= 0.6 is 0 Å². The van der Waals surface area contributed by atoms with Crippen molar-refractivity contribution in [3.05, 3.63) is 35.4 Å². The van der Waals surface area contributed by atoms with E-state index in [1.807, 2.05) is 18.2 Å². The lowest BCUT2D eigenvalue weighted by molar-refractivity contribution is 1.01. The molecule has 0 heterocycles. The summed E-state index contributed by atoms with van der Waals surface area (Å²) in [5.41, 5.74) is 14.3. The third-order valence-electron chi connectivity index (χ3n) is 1.93. The summed E-state index contributed by atoms with van der Waals surface area (Å²) in [5, 5.41) is 0. The highest BCUT2D eigenvalue weighted by molar-refractivity contribution is 5.59. The van der Waals surface area contributed by atoms with E-state index < -0.39 is 0 Å². The molecule has 0 fully saturated rings. The molecule has 0 amide bonds. The van der Waals surface area contributed by atoms with Crippen LogP contribution in [0.1, 0.15) is 17.5 Å². The number of benzene rings is 1. The topological polar surface area (TPSA) is 52.0 Å². The molecule has 0 unspecified atom stereocenters. The summed E-state index contributed by atoms with van der Waals surface area (Å²) in [7, 11) is 0. The van der Waals surface area contributed by atoms with E-state index in [1.165, 1.54) is 11.1 Å². The Bertz CT molecular complexity index is 303.